The summed E-state index contributed by atoms with van der Waals surface area (Å²) >= 11 is 0. The van der Waals surface area contributed by atoms with E-state index in [-0.39, 0.29) is 24.9 Å². The van der Waals surface area contributed by atoms with Gasteiger partial charge in [-0.3, -0.25) is 9.59 Å². The van der Waals surface area contributed by atoms with Gasteiger partial charge in [0.25, 0.3) is 0 Å². The van der Waals surface area contributed by atoms with Crippen LogP contribution >= 0.6 is 0 Å². The lowest BCUT2D eigenvalue weighted by molar-refractivity contribution is -0.151. The molecule has 0 heterocycles. The van der Waals surface area contributed by atoms with E-state index in [1.807, 2.05) is 0 Å². The van der Waals surface area contributed by atoms with Crippen molar-refractivity contribution in [3.63, 3.8) is 0 Å². The highest BCUT2D eigenvalue weighted by Crippen LogP contribution is 2.18. The summed E-state index contributed by atoms with van der Waals surface area (Å²) in [5.74, 6) is -0.507. The molecule has 0 radical (unpaired) electrons. The fourth-order valence-corrected chi connectivity index (χ4v) is 8.45. The summed E-state index contributed by atoms with van der Waals surface area (Å²) in [5.41, 5.74) is 0. The molecule has 67 heavy (non-hydrogen) atoms. The van der Waals surface area contributed by atoms with E-state index in [0.29, 0.717) is 19.3 Å². The van der Waals surface area contributed by atoms with Crippen molar-refractivity contribution in [2.45, 2.75) is 296 Å². The summed E-state index contributed by atoms with van der Waals surface area (Å²) in [4.78, 5) is 26.3. The number of carbonyl (C=O) groups excluding carboxylic acids is 2. The molecule has 0 aromatic heterocycles. The molecule has 0 aromatic carbocycles. The first-order valence-electron chi connectivity index (χ1n) is 28.7. The molecule has 3 unspecified atom stereocenters. The van der Waals surface area contributed by atoms with Gasteiger partial charge in [0, 0.05) is 6.42 Å². The molecule has 0 aliphatic heterocycles. The minimum atomic E-state index is -0.800. The van der Waals surface area contributed by atoms with Crippen molar-refractivity contribution in [2.24, 2.45) is 0 Å². The monoisotopic (exact) mass is 936 g/mol. The fourth-order valence-electron chi connectivity index (χ4n) is 8.45. The molecule has 3 N–H and O–H groups in total. The summed E-state index contributed by atoms with van der Waals surface area (Å²) in [6.45, 7) is 6.35. The number of aliphatic hydroxyl groups excluding tert-OH is 2. The number of nitrogens with one attached hydrogen (secondary N) is 1. The Kier molecular flexibility index (Phi) is 52.1. The molecule has 0 aromatic rings. The van der Waals surface area contributed by atoms with Crippen molar-refractivity contribution in [3.05, 3.63) is 72.9 Å². The SMILES string of the molecule is CC/C=C/C/C=C/C/C=C/CCCCCCC(CC(=O)NC(CO)C(O)CCCCCCCCCCCCCCCCC)OC(=O)CCCCCCCC/C=C\C/C=C\C/C=C\CCCCC. The molecule has 0 saturated carbocycles. The lowest BCUT2D eigenvalue weighted by Gasteiger charge is -2.24. The fraction of sp³-hybridized carbons (Fsp3) is 0.770. The Hall–Kier alpha value is -2.70. The van der Waals surface area contributed by atoms with E-state index in [1.165, 1.54) is 122 Å². The van der Waals surface area contributed by atoms with Gasteiger partial charge in [0.1, 0.15) is 6.10 Å². The van der Waals surface area contributed by atoms with Crippen molar-refractivity contribution in [2.75, 3.05) is 6.61 Å². The van der Waals surface area contributed by atoms with E-state index in [1.54, 1.807) is 0 Å². The van der Waals surface area contributed by atoms with E-state index in [2.05, 4.69) is 99.0 Å². The van der Waals surface area contributed by atoms with E-state index >= 15 is 0 Å². The number of rotatable bonds is 51. The van der Waals surface area contributed by atoms with Crippen LogP contribution in [-0.2, 0) is 14.3 Å². The molecule has 6 nitrogen and oxygen atoms in total. The van der Waals surface area contributed by atoms with Crippen LogP contribution in [-0.4, -0.2) is 46.9 Å². The predicted octanol–water partition coefficient (Wildman–Crippen LogP) is 17.7. The Morgan fingerprint density at radius 1 is 0.448 bits per heavy atom. The highest BCUT2D eigenvalue weighted by molar-refractivity contribution is 5.77. The Morgan fingerprint density at radius 3 is 1.25 bits per heavy atom. The van der Waals surface area contributed by atoms with Crippen molar-refractivity contribution < 1.29 is 24.5 Å². The Balaban J connectivity index is 4.59. The second-order valence-corrected chi connectivity index (χ2v) is 19.3. The van der Waals surface area contributed by atoms with Gasteiger partial charge in [-0.1, -0.05) is 241 Å². The molecular weight excluding hydrogens is 827 g/mol. The molecule has 0 spiro atoms. The standard InChI is InChI=1S/C61H109NO5/c1-4-7-10-13-16-19-22-25-28-29-30-31-33-36-39-42-45-48-51-54-61(66)67-57(52-49-46-43-40-37-34-27-24-21-18-15-12-9-6-3)55-60(65)62-58(56-63)59(64)53-50-47-44-41-38-35-32-26-23-20-17-14-11-8-5-2/h9,12,16,18-19,21,25,27-28,30-31,34,57-59,63-64H,4-8,10-11,13-15,17,20,22-24,26,29,32-33,35-56H2,1-3H3,(H,62,65)/b12-9+,19-16-,21-18+,28-25-,31-30-,34-27+. The summed E-state index contributed by atoms with van der Waals surface area (Å²) in [6.07, 6.45) is 69.6. The van der Waals surface area contributed by atoms with Crippen LogP contribution in [0.4, 0.5) is 0 Å². The third-order valence-corrected chi connectivity index (χ3v) is 12.8. The van der Waals surface area contributed by atoms with Gasteiger partial charge in [0.05, 0.1) is 25.2 Å². The molecule has 0 rings (SSSR count). The van der Waals surface area contributed by atoms with Gasteiger partial charge >= 0.3 is 5.97 Å². The molecule has 1 amide bonds. The first-order valence-corrected chi connectivity index (χ1v) is 28.7. The van der Waals surface area contributed by atoms with E-state index < -0.39 is 18.2 Å². The van der Waals surface area contributed by atoms with Crippen LogP contribution in [0.15, 0.2) is 72.9 Å². The van der Waals surface area contributed by atoms with Crippen LogP contribution < -0.4 is 5.32 Å². The van der Waals surface area contributed by atoms with Crippen LogP contribution in [0.5, 0.6) is 0 Å². The Labute approximate surface area is 415 Å². The average Bonchev–Trinajstić information content (AvgIpc) is 3.32. The van der Waals surface area contributed by atoms with E-state index in [9.17, 15) is 19.8 Å². The molecule has 0 saturated heterocycles. The first-order chi connectivity index (χ1) is 33.0. The Bertz CT molecular complexity index is 1230. The number of hydrogen-bond donors (Lipinski definition) is 3. The smallest absolute Gasteiger partial charge is 0.306 e. The number of esters is 1. The third kappa shape index (κ3) is 49.5. The zero-order valence-electron chi connectivity index (χ0n) is 44.3. The van der Waals surface area contributed by atoms with Gasteiger partial charge in [-0.25, -0.2) is 0 Å². The van der Waals surface area contributed by atoms with Crippen LogP contribution in [0.3, 0.4) is 0 Å². The second kappa shape index (κ2) is 54.2. The topological polar surface area (TPSA) is 95.9 Å². The second-order valence-electron chi connectivity index (χ2n) is 19.3. The molecule has 6 heteroatoms. The van der Waals surface area contributed by atoms with Crippen molar-refractivity contribution in [1.29, 1.82) is 0 Å². The molecular formula is C61H109NO5. The maximum atomic E-state index is 13.3. The first kappa shape index (κ1) is 64.3. The number of amides is 1. The number of carbonyl (C=O) groups is 2. The largest absolute Gasteiger partial charge is 0.462 e. The van der Waals surface area contributed by atoms with Crippen LogP contribution in [0.25, 0.3) is 0 Å². The normalized spacial score (nSPS) is 13.7. The number of aliphatic hydroxyl groups is 2. The molecule has 0 aliphatic carbocycles. The minimum Gasteiger partial charge on any atom is -0.462 e. The number of hydrogen-bond acceptors (Lipinski definition) is 5. The zero-order chi connectivity index (χ0) is 48.8. The highest BCUT2D eigenvalue weighted by atomic mass is 16.5. The number of ether oxygens (including phenoxy) is 1. The van der Waals surface area contributed by atoms with Gasteiger partial charge < -0.3 is 20.3 Å². The van der Waals surface area contributed by atoms with Gasteiger partial charge in [0.15, 0.2) is 0 Å². The minimum absolute atomic E-state index is 0.0552. The molecule has 388 valence electrons. The van der Waals surface area contributed by atoms with Crippen LogP contribution in [0.1, 0.15) is 278 Å². The van der Waals surface area contributed by atoms with Crippen LogP contribution in [0, 0.1) is 0 Å². The number of allylic oxidation sites excluding steroid dienone is 12. The maximum Gasteiger partial charge on any atom is 0.306 e. The summed E-state index contributed by atoms with van der Waals surface area (Å²) in [5, 5.41) is 23.9. The quantitative estimate of drug-likeness (QED) is 0.0321. The lowest BCUT2D eigenvalue weighted by Crippen LogP contribution is -2.46. The average molecular weight is 937 g/mol. The summed E-state index contributed by atoms with van der Waals surface area (Å²) in [6, 6.07) is -0.715. The van der Waals surface area contributed by atoms with Crippen LogP contribution in [0.2, 0.25) is 0 Å². The van der Waals surface area contributed by atoms with E-state index in [0.717, 1.165) is 109 Å². The summed E-state index contributed by atoms with van der Waals surface area (Å²) < 4.78 is 5.95. The molecule has 0 fully saturated rings. The van der Waals surface area contributed by atoms with Gasteiger partial charge in [-0.05, 0) is 96.3 Å². The predicted molar refractivity (Wildman–Crippen MR) is 291 cm³/mol. The maximum absolute atomic E-state index is 13.3. The van der Waals surface area contributed by atoms with Gasteiger partial charge in [0.2, 0.25) is 5.91 Å². The van der Waals surface area contributed by atoms with Crippen molar-refractivity contribution >= 4 is 11.9 Å². The zero-order valence-corrected chi connectivity index (χ0v) is 44.3. The highest BCUT2D eigenvalue weighted by Gasteiger charge is 2.24. The van der Waals surface area contributed by atoms with E-state index in [4.69, 9.17) is 4.74 Å². The van der Waals surface area contributed by atoms with Gasteiger partial charge in [-0.15, -0.1) is 0 Å². The molecule has 0 aliphatic rings. The third-order valence-electron chi connectivity index (χ3n) is 12.8. The van der Waals surface area contributed by atoms with Crippen molar-refractivity contribution in [3.8, 4) is 0 Å². The number of unbranched alkanes of at least 4 members (excludes halogenated alkanes) is 27. The van der Waals surface area contributed by atoms with Gasteiger partial charge in [-0.2, -0.15) is 0 Å². The molecule has 0 bridgehead atoms. The lowest BCUT2D eigenvalue weighted by atomic mass is 10.0. The van der Waals surface area contributed by atoms with Crippen molar-refractivity contribution in [1.82, 2.24) is 5.32 Å². The Morgan fingerprint density at radius 2 is 0.806 bits per heavy atom. The summed E-state index contributed by atoms with van der Waals surface area (Å²) in [7, 11) is 0. The molecule has 3 atom stereocenters.